The first-order chi connectivity index (χ1) is 9.40. The maximum Gasteiger partial charge on any atom is 0.336 e. The fraction of sp³-hybridized carbons (Fsp3) is 0. The van der Waals surface area contributed by atoms with Crippen molar-refractivity contribution in [2.45, 2.75) is 0 Å². The number of hydrogen-bond acceptors (Lipinski definition) is 2. The van der Waals surface area contributed by atoms with Crippen LogP contribution in [0.5, 0.6) is 11.5 Å². The number of rotatable bonds is 3. The normalized spacial score (nSPS) is 10.4. The summed E-state index contributed by atoms with van der Waals surface area (Å²) in [6.07, 6.45) is 0. The summed E-state index contributed by atoms with van der Waals surface area (Å²) in [5.41, 5.74) is -0.191. The highest BCUT2D eigenvalue weighted by Gasteiger charge is 2.17. The lowest BCUT2D eigenvalue weighted by molar-refractivity contribution is 0.0695. The predicted octanol–water partition coefficient (Wildman–Crippen LogP) is 5.39. The minimum Gasteiger partial charge on any atom is -0.478 e. The molecule has 0 amide bonds. The summed E-state index contributed by atoms with van der Waals surface area (Å²) in [4.78, 5) is 10.9. The van der Waals surface area contributed by atoms with Crippen molar-refractivity contribution in [2.24, 2.45) is 0 Å². The number of carboxylic acid groups (broad SMARTS) is 1. The van der Waals surface area contributed by atoms with Crippen LogP contribution in [0.15, 0.2) is 34.8 Å². The summed E-state index contributed by atoms with van der Waals surface area (Å²) in [5.74, 6) is -1.89. The second kappa shape index (κ2) is 5.99. The Labute approximate surface area is 132 Å². The maximum absolute atomic E-state index is 14.0. The van der Waals surface area contributed by atoms with Gasteiger partial charge in [-0.2, -0.15) is 0 Å². The Kier molecular flexibility index (Phi) is 4.52. The molecule has 7 heteroatoms. The summed E-state index contributed by atoms with van der Waals surface area (Å²) in [7, 11) is 0. The van der Waals surface area contributed by atoms with Crippen molar-refractivity contribution in [3.05, 3.63) is 56.2 Å². The zero-order valence-corrected chi connectivity index (χ0v) is 12.8. The second-order valence-electron chi connectivity index (χ2n) is 3.72. The Morgan fingerprint density at radius 2 is 1.90 bits per heavy atom. The second-order valence-corrected chi connectivity index (χ2v) is 5.33. The molecular weight excluding hydrogens is 374 g/mol. The van der Waals surface area contributed by atoms with E-state index in [4.69, 9.17) is 33.0 Å². The molecule has 0 saturated heterocycles. The average molecular weight is 380 g/mol. The number of aromatic carboxylic acids is 1. The highest BCUT2D eigenvalue weighted by Crippen LogP contribution is 2.34. The fourth-order valence-corrected chi connectivity index (χ4v) is 2.23. The van der Waals surface area contributed by atoms with Crippen LogP contribution < -0.4 is 4.74 Å². The van der Waals surface area contributed by atoms with E-state index in [0.29, 0.717) is 5.02 Å². The van der Waals surface area contributed by atoms with Gasteiger partial charge in [0, 0.05) is 6.07 Å². The van der Waals surface area contributed by atoms with Crippen molar-refractivity contribution in [3.63, 3.8) is 0 Å². The minimum atomic E-state index is -1.24. The molecule has 0 unspecified atom stereocenters. The molecule has 2 rings (SSSR count). The van der Waals surface area contributed by atoms with Crippen molar-refractivity contribution in [2.75, 3.05) is 0 Å². The number of carbonyl (C=O) groups is 1. The first-order valence-corrected chi connectivity index (χ1v) is 6.79. The number of hydrogen-bond donors (Lipinski definition) is 1. The monoisotopic (exact) mass is 378 g/mol. The third-order valence-electron chi connectivity index (χ3n) is 2.40. The molecule has 1 N–H and O–H groups in total. The molecular formula is C13H6BrCl2FO3. The summed E-state index contributed by atoms with van der Waals surface area (Å²) in [6.45, 7) is 0. The number of ether oxygens (including phenoxy) is 1. The number of halogens is 4. The van der Waals surface area contributed by atoms with E-state index in [9.17, 15) is 9.18 Å². The molecule has 104 valence electrons. The van der Waals surface area contributed by atoms with Gasteiger partial charge in [-0.15, -0.1) is 0 Å². The van der Waals surface area contributed by atoms with Crippen LogP contribution in [0.25, 0.3) is 0 Å². The van der Waals surface area contributed by atoms with Gasteiger partial charge >= 0.3 is 5.97 Å². The van der Waals surface area contributed by atoms with Crippen molar-refractivity contribution in [3.8, 4) is 11.5 Å². The Morgan fingerprint density at radius 3 is 2.50 bits per heavy atom. The lowest BCUT2D eigenvalue weighted by Crippen LogP contribution is -2.00. The van der Waals surface area contributed by atoms with E-state index >= 15 is 0 Å². The summed E-state index contributed by atoms with van der Waals surface area (Å²) in [6, 6.07) is 6.93. The highest BCUT2D eigenvalue weighted by molar-refractivity contribution is 9.10. The Bertz CT molecular complexity index is 692. The molecule has 0 heterocycles. The van der Waals surface area contributed by atoms with Gasteiger partial charge in [-0.05, 0) is 40.2 Å². The van der Waals surface area contributed by atoms with Crippen molar-refractivity contribution in [1.29, 1.82) is 0 Å². The molecule has 0 saturated carbocycles. The Balaban J connectivity index is 2.37. The zero-order valence-electron chi connectivity index (χ0n) is 9.66. The van der Waals surface area contributed by atoms with E-state index in [-0.39, 0.29) is 26.6 Å². The lowest BCUT2D eigenvalue weighted by atomic mass is 10.2. The molecule has 2 aromatic carbocycles. The van der Waals surface area contributed by atoms with Crippen LogP contribution in [0, 0.1) is 5.82 Å². The van der Waals surface area contributed by atoms with Crippen LogP contribution in [0.1, 0.15) is 10.4 Å². The van der Waals surface area contributed by atoms with Crippen molar-refractivity contribution >= 4 is 45.1 Å². The molecule has 0 aliphatic rings. The third kappa shape index (κ3) is 3.06. The van der Waals surface area contributed by atoms with Gasteiger partial charge in [-0.3, -0.25) is 0 Å². The van der Waals surface area contributed by atoms with E-state index in [1.54, 1.807) is 0 Å². The van der Waals surface area contributed by atoms with Gasteiger partial charge in [0.1, 0.15) is 5.75 Å². The van der Waals surface area contributed by atoms with Crippen LogP contribution in [-0.2, 0) is 0 Å². The first kappa shape index (κ1) is 15.1. The first-order valence-electron chi connectivity index (χ1n) is 5.24. The summed E-state index contributed by atoms with van der Waals surface area (Å²) < 4.78 is 19.1. The average Bonchev–Trinajstić information content (AvgIpc) is 2.39. The number of carboxylic acids is 1. The topological polar surface area (TPSA) is 46.5 Å². The van der Waals surface area contributed by atoms with Crippen LogP contribution in [0.3, 0.4) is 0 Å². The summed E-state index contributed by atoms with van der Waals surface area (Å²) >= 11 is 14.5. The molecule has 3 nitrogen and oxygen atoms in total. The molecule has 0 aliphatic carbocycles. The molecule has 0 radical (unpaired) electrons. The maximum atomic E-state index is 14.0. The number of benzene rings is 2. The van der Waals surface area contributed by atoms with Gasteiger partial charge in [0.05, 0.1) is 20.1 Å². The molecule has 0 bridgehead atoms. The standard InChI is InChI=1S/C13H6BrCl2FO3/c14-11-7(13(18)19)2-4-10(12(11)17)20-6-1-3-8(15)9(16)5-6/h1-5H,(H,18,19). The Hall–Kier alpha value is -1.30. The Morgan fingerprint density at radius 1 is 1.20 bits per heavy atom. The smallest absolute Gasteiger partial charge is 0.336 e. The van der Waals surface area contributed by atoms with E-state index < -0.39 is 11.8 Å². The van der Waals surface area contributed by atoms with Gasteiger partial charge < -0.3 is 9.84 Å². The van der Waals surface area contributed by atoms with Gasteiger partial charge in [0.2, 0.25) is 0 Å². The summed E-state index contributed by atoms with van der Waals surface area (Å²) in [5, 5.41) is 9.49. The fourth-order valence-electron chi connectivity index (χ4n) is 1.44. The molecule has 20 heavy (non-hydrogen) atoms. The van der Waals surface area contributed by atoms with Crippen LogP contribution in [0.2, 0.25) is 10.0 Å². The SMILES string of the molecule is O=C(O)c1ccc(Oc2ccc(Cl)c(Cl)c2)c(F)c1Br. The van der Waals surface area contributed by atoms with Crippen LogP contribution in [-0.4, -0.2) is 11.1 Å². The van der Waals surface area contributed by atoms with E-state index in [1.807, 2.05) is 0 Å². The van der Waals surface area contributed by atoms with Gasteiger partial charge in [-0.25, -0.2) is 9.18 Å². The molecule has 0 spiro atoms. The van der Waals surface area contributed by atoms with Gasteiger partial charge in [-0.1, -0.05) is 23.2 Å². The predicted molar refractivity (Wildman–Crippen MR) is 77.6 cm³/mol. The zero-order chi connectivity index (χ0) is 14.9. The van der Waals surface area contributed by atoms with Crippen LogP contribution >= 0.6 is 39.1 Å². The van der Waals surface area contributed by atoms with E-state index in [0.717, 1.165) is 0 Å². The molecule has 2 aromatic rings. The lowest BCUT2D eigenvalue weighted by Gasteiger charge is -2.10. The van der Waals surface area contributed by atoms with Crippen LogP contribution in [0.4, 0.5) is 4.39 Å². The van der Waals surface area contributed by atoms with Gasteiger partial charge in [0.15, 0.2) is 11.6 Å². The minimum absolute atomic E-state index is 0.125. The molecule has 0 aromatic heterocycles. The largest absolute Gasteiger partial charge is 0.478 e. The van der Waals surface area contributed by atoms with Crippen molar-refractivity contribution < 1.29 is 19.0 Å². The van der Waals surface area contributed by atoms with Crippen molar-refractivity contribution in [1.82, 2.24) is 0 Å². The van der Waals surface area contributed by atoms with Gasteiger partial charge in [0.25, 0.3) is 0 Å². The highest BCUT2D eigenvalue weighted by atomic mass is 79.9. The van der Waals surface area contributed by atoms with E-state index in [1.165, 1.54) is 30.3 Å². The van der Waals surface area contributed by atoms with E-state index in [2.05, 4.69) is 15.9 Å². The molecule has 0 fully saturated rings. The molecule has 0 aliphatic heterocycles. The quantitative estimate of drug-likeness (QED) is 0.778. The third-order valence-corrected chi connectivity index (χ3v) is 3.91. The molecule has 0 atom stereocenters.